The molecule has 0 aliphatic rings. The Morgan fingerprint density at radius 2 is 1.96 bits per heavy atom. The monoisotopic (exact) mass is 364 g/mol. The zero-order valence-corrected chi connectivity index (χ0v) is 15.5. The average molecular weight is 364 g/mol. The Labute approximate surface area is 158 Å². The van der Waals surface area contributed by atoms with Crippen LogP contribution in [0.15, 0.2) is 54.9 Å². The van der Waals surface area contributed by atoms with Crippen LogP contribution in [0.5, 0.6) is 0 Å². The van der Waals surface area contributed by atoms with E-state index < -0.39 is 0 Å². The molecule has 1 unspecified atom stereocenters. The van der Waals surface area contributed by atoms with Gasteiger partial charge in [0.2, 0.25) is 5.95 Å². The topological polar surface area (TPSA) is 95.6 Å². The Hall–Kier alpha value is -3.22. The summed E-state index contributed by atoms with van der Waals surface area (Å²) in [6.45, 7) is 4.24. The molecule has 2 heterocycles. The summed E-state index contributed by atoms with van der Waals surface area (Å²) in [7, 11) is 0. The maximum absolute atomic E-state index is 12.4. The summed E-state index contributed by atoms with van der Waals surface area (Å²) in [5.74, 6) is 1.38. The van der Waals surface area contributed by atoms with Gasteiger partial charge in [-0.1, -0.05) is 50.2 Å². The third-order valence-corrected chi connectivity index (χ3v) is 4.07. The van der Waals surface area contributed by atoms with Gasteiger partial charge >= 0.3 is 6.03 Å². The molecule has 27 heavy (non-hydrogen) atoms. The van der Waals surface area contributed by atoms with Gasteiger partial charge in [0.15, 0.2) is 0 Å². The highest BCUT2D eigenvalue weighted by Gasteiger charge is 2.17. The van der Waals surface area contributed by atoms with E-state index in [4.69, 9.17) is 0 Å². The van der Waals surface area contributed by atoms with Crippen LogP contribution in [0.2, 0.25) is 0 Å². The quantitative estimate of drug-likeness (QED) is 0.596. The molecule has 1 atom stereocenters. The number of aromatic amines is 1. The van der Waals surface area contributed by atoms with Crippen LogP contribution < -0.4 is 10.6 Å². The van der Waals surface area contributed by atoms with Crippen molar-refractivity contribution in [2.24, 2.45) is 5.92 Å². The van der Waals surface area contributed by atoms with Crippen molar-refractivity contribution in [3.63, 3.8) is 0 Å². The van der Waals surface area contributed by atoms with E-state index in [1.165, 1.54) is 0 Å². The summed E-state index contributed by atoms with van der Waals surface area (Å²) in [6.07, 6.45) is 4.94. The van der Waals surface area contributed by atoms with Crippen molar-refractivity contribution in [3.05, 3.63) is 71.8 Å². The molecule has 0 aliphatic carbocycles. The van der Waals surface area contributed by atoms with Gasteiger partial charge in [0, 0.05) is 18.8 Å². The van der Waals surface area contributed by atoms with E-state index in [2.05, 4.69) is 44.6 Å². The Morgan fingerprint density at radius 3 is 2.67 bits per heavy atom. The van der Waals surface area contributed by atoms with Gasteiger partial charge in [0.05, 0.1) is 6.04 Å². The summed E-state index contributed by atoms with van der Waals surface area (Å²) in [4.78, 5) is 20.9. The van der Waals surface area contributed by atoms with Crippen LogP contribution in [-0.2, 0) is 6.42 Å². The molecule has 2 amide bonds. The second-order valence-corrected chi connectivity index (χ2v) is 6.84. The Balaban J connectivity index is 1.61. The standard InChI is InChI=1S/C20H24N6O/c1-14(2)11-17(16-9-6-10-21-13-16)22-20(27)24-19-23-18(25-26-19)12-15-7-4-3-5-8-15/h3-10,13-14,17H,11-12H2,1-2H3,(H3,22,23,24,25,26,27). The first kappa shape index (κ1) is 18.6. The third kappa shape index (κ3) is 5.64. The predicted molar refractivity (Wildman–Crippen MR) is 104 cm³/mol. The molecule has 3 N–H and O–H groups in total. The summed E-state index contributed by atoms with van der Waals surface area (Å²) in [5.41, 5.74) is 2.10. The van der Waals surface area contributed by atoms with E-state index in [0.29, 0.717) is 18.2 Å². The van der Waals surface area contributed by atoms with Crippen molar-refractivity contribution < 1.29 is 4.79 Å². The minimum absolute atomic E-state index is 0.124. The normalized spacial score (nSPS) is 12.0. The number of H-pyrrole nitrogens is 1. The number of rotatable bonds is 7. The maximum atomic E-state index is 12.4. The minimum Gasteiger partial charge on any atom is -0.331 e. The van der Waals surface area contributed by atoms with Crippen LogP contribution in [0.1, 0.15) is 43.3 Å². The van der Waals surface area contributed by atoms with Gasteiger partial charge in [-0.3, -0.25) is 15.4 Å². The Bertz CT molecular complexity index is 847. The van der Waals surface area contributed by atoms with Crippen LogP contribution in [0.3, 0.4) is 0 Å². The highest BCUT2D eigenvalue weighted by Crippen LogP contribution is 2.20. The zero-order valence-electron chi connectivity index (χ0n) is 15.5. The molecule has 3 aromatic rings. The van der Waals surface area contributed by atoms with Crippen LogP contribution in [0.25, 0.3) is 0 Å². The van der Waals surface area contributed by atoms with E-state index in [-0.39, 0.29) is 18.0 Å². The molecule has 0 radical (unpaired) electrons. The van der Waals surface area contributed by atoms with Crippen LogP contribution in [0.4, 0.5) is 10.7 Å². The largest absolute Gasteiger partial charge is 0.331 e. The van der Waals surface area contributed by atoms with Crippen LogP contribution >= 0.6 is 0 Å². The van der Waals surface area contributed by atoms with Crippen molar-refractivity contribution >= 4 is 12.0 Å². The number of benzene rings is 1. The zero-order chi connectivity index (χ0) is 19.1. The molecule has 0 saturated carbocycles. The van der Waals surface area contributed by atoms with Gasteiger partial charge < -0.3 is 5.32 Å². The number of urea groups is 1. The van der Waals surface area contributed by atoms with E-state index >= 15 is 0 Å². The first-order valence-electron chi connectivity index (χ1n) is 9.03. The highest BCUT2D eigenvalue weighted by molar-refractivity contribution is 5.87. The molecule has 0 bridgehead atoms. The number of anilines is 1. The average Bonchev–Trinajstić information content (AvgIpc) is 3.09. The number of amides is 2. The van der Waals surface area contributed by atoms with Crippen molar-refractivity contribution in [1.29, 1.82) is 0 Å². The molecule has 140 valence electrons. The predicted octanol–water partition coefficient (Wildman–Crippen LogP) is 3.70. The lowest BCUT2D eigenvalue weighted by Crippen LogP contribution is -2.33. The van der Waals surface area contributed by atoms with Crippen molar-refractivity contribution in [1.82, 2.24) is 25.5 Å². The van der Waals surface area contributed by atoms with Gasteiger partial charge in [-0.2, -0.15) is 4.98 Å². The molecule has 0 fully saturated rings. The molecule has 0 aliphatic heterocycles. The molecule has 0 saturated heterocycles. The Morgan fingerprint density at radius 1 is 1.15 bits per heavy atom. The van der Waals surface area contributed by atoms with Crippen LogP contribution in [-0.4, -0.2) is 26.2 Å². The fourth-order valence-corrected chi connectivity index (χ4v) is 2.85. The molecule has 7 heteroatoms. The lowest BCUT2D eigenvalue weighted by atomic mass is 9.98. The number of carbonyl (C=O) groups is 1. The van der Waals surface area contributed by atoms with Gasteiger partial charge in [-0.25, -0.2) is 4.79 Å². The summed E-state index contributed by atoms with van der Waals surface area (Å²) >= 11 is 0. The van der Waals surface area contributed by atoms with E-state index in [1.54, 1.807) is 12.4 Å². The summed E-state index contributed by atoms with van der Waals surface area (Å²) in [6, 6.07) is 13.3. The number of hydrogen-bond acceptors (Lipinski definition) is 4. The third-order valence-electron chi connectivity index (χ3n) is 4.07. The first-order valence-corrected chi connectivity index (χ1v) is 9.03. The number of hydrogen-bond donors (Lipinski definition) is 3. The smallest absolute Gasteiger partial charge is 0.322 e. The number of carbonyl (C=O) groups excluding carboxylic acids is 1. The number of pyridine rings is 1. The van der Waals surface area contributed by atoms with Crippen molar-refractivity contribution in [2.45, 2.75) is 32.7 Å². The molecule has 2 aromatic heterocycles. The minimum atomic E-state index is -0.338. The maximum Gasteiger partial charge on any atom is 0.322 e. The molecular formula is C20H24N6O. The second kappa shape index (κ2) is 8.93. The molecule has 1 aromatic carbocycles. The highest BCUT2D eigenvalue weighted by atomic mass is 16.2. The molecule has 0 spiro atoms. The van der Waals surface area contributed by atoms with Gasteiger partial charge in [0.1, 0.15) is 5.82 Å². The van der Waals surface area contributed by atoms with Crippen molar-refractivity contribution in [3.8, 4) is 0 Å². The summed E-state index contributed by atoms with van der Waals surface area (Å²) in [5, 5.41) is 12.6. The fourth-order valence-electron chi connectivity index (χ4n) is 2.85. The van der Waals surface area contributed by atoms with E-state index in [9.17, 15) is 4.79 Å². The number of aromatic nitrogens is 4. The van der Waals surface area contributed by atoms with E-state index in [1.807, 2.05) is 42.5 Å². The SMILES string of the molecule is CC(C)CC(NC(=O)Nc1n[nH]c(Cc2ccccc2)n1)c1cccnc1. The Kier molecular flexibility index (Phi) is 6.14. The first-order chi connectivity index (χ1) is 13.1. The van der Waals surface area contributed by atoms with Gasteiger partial charge in [-0.15, -0.1) is 5.10 Å². The summed E-state index contributed by atoms with van der Waals surface area (Å²) < 4.78 is 0. The van der Waals surface area contributed by atoms with Crippen molar-refractivity contribution in [2.75, 3.05) is 5.32 Å². The molecular weight excluding hydrogens is 340 g/mol. The molecule has 7 nitrogen and oxygen atoms in total. The number of nitrogens with one attached hydrogen (secondary N) is 3. The van der Waals surface area contributed by atoms with E-state index in [0.717, 1.165) is 17.5 Å². The lowest BCUT2D eigenvalue weighted by molar-refractivity contribution is 0.246. The lowest BCUT2D eigenvalue weighted by Gasteiger charge is -2.20. The molecule has 3 rings (SSSR count). The fraction of sp³-hybridized carbons (Fsp3) is 0.300. The number of nitrogens with zero attached hydrogens (tertiary/aromatic N) is 3. The van der Waals surface area contributed by atoms with Gasteiger partial charge in [0.25, 0.3) is 0 Å². The van der Waals surface area contributed by atoms with Gasteiger partial charge in [-0.05, 0) is 29.5 Å². The second-order valence-electron chi connectivity index (χ2n) is 6.84. The van der Waals surface area contributed by atoms with Crippen LogP contribution in [0, 0.1) is 5.92 Å².